The maximum absolute atomic E-state index is 5.36. The smallest absolute Gasteiger partial charge is 0.160 e. The molecule has 0 atom stereocenters. The van der Waals surface area contributed by atoms with Gasteiger partial charge < -0.3 is 0 Å². The molecule has 0 bridgehead atoms. The van der Waals surface area contributed by atoms with Gasteiger partial charge in [-0.25, -0.2) is 9.97 Å². The van der Waals surface area contributed by atoms with Crippen molar-refractivity contribution in [2.45, 2.75) is 13.1 Å². The van der Waals surface area contributed by atoms with Gasteiger partial charge in [0.2, 0.25) is 0 Å². The molecule has 51 heavy (non-hydrogen) atoms. The van der Waals surface area contributed by atoms with Crippen molar-refractivity contribution >= 4 is 18.4 Å². The van der Waals surface area contributed by atoms with Crippen LogP contribution in [0.3, 0.4) is 0 Å². The molecule has 242 valence electrons. The van der Waals surface area contributed by atoms with Crippen LogP contribution < -0.4 is 10.4 Å². The van der Waals surface area contributed by atoms with E-state index in [1.807, 2.05) is 0 Å². The first-order valence-electron chi connectivity index (χ1n) is 17.6. The molecule has 2 heterocycles. The summed E-state index contributed by atoms with van der Waals surface area (Å²) in [6, 6.07) is 65.2. The fourth-order valence-electron chi connectivity index (χ4n) is 7.72. The van der Waals surface area contributed by atoms with E-state index in [0.717, 1.165) is 39.5 Å². The maximum atomic E-state index is 5.36. The van der Waals surface area contributed by atoms with Crippen LogP contribution in [0.2, 0.25) is 13.1 Å². The average Bonchev–Trinajstić information content (AvgIpc) is 3.44. The van der Waals surface area contributed by atoms with Crippen molar-refractivity contribution in [3.8, 4) is 78.4 Å². The molecule has 0 amide bonds. The Kier molecular flexibility index (Phi) is 7.64. The fourth-order valence-corrected chi connectivity index (χ4v) is 10.9. The van der Waals surface area contributed by atoms with E-state index < -0.39 is 8.07 Å². The summed E-state index contributed by atoms with van der Waals surface area (Å²) in [6.45, 7) is 4.86. The van der Waals surface area contributed by atoms with Crippen molar-refractivity contribution < 1.29 is 0 Å². The van der Waals surface area contributed by atoms with Crippen molar-refractivity contribution in [1.29, 1.82) is 0 Å². The van der Waals surface area contributed by atoms with Crippen molar-refractivity contribution in [3.63, 3.8) is 0 Å². The molecule has 2 nitrogen and oxygen atoms in total. The molecule has 0 saturated heterocycles. The Morgan fingerprint density at radius 1 is 0.333 bits per heavy atom. The molecule has 8 aromatic rings. The minimum atomic E-state index is -2.01. The van der Waals surface area contributed by atoms with Crippen molar-refractivity contribution in [3.05, 3.63) is 182 Å². The van der Waals surface area contributed by atoms with Crippen LogP contribution in [0.25, 0.3) is 78.4 Å². The standard InChI is InChI=1S/C48H36N2Si/c1-51(2)44-27-13-12-26-42(44)46-47(51)45(35-20-10-5-11-21-35)49-48(50-46)40-25-15-24-38(31-40)36-22-14-23-37(30-36)39-28-29-41(33-16-6-3-7-17-33)43(32-39)34-18-8-4-9-19-34/h3-32H,1-2H3. The molecule has 0 fully saturated rings. The average molecular weight is 669 g/mol. The Bertz CT molecular complexity index is 2540. The van der Waals surface area contributed by atoms with Gasteiger partial charge >= 0.3 is 0 Å². The highest BCUT2D eigenvalue weighted by Crippen LogP contribution is 2.38. The van der Waals surface area contributed by atoms with Crippen molar-refractivity contribution in [2.75, 3.05) is 0 Å². The van der Waals surface area contributed by atoms with Crippen LogP contribution in [-0.4, -0.2) is 18.0 Å². The lowest BCUT2D eigenvalue weighted by Gasteiger charge is -2.21. The lowest BCUT2D eigenvalue weighted by Crippen LogP contribution is -2.50. The Morgan fingerprint density at radius 3 is 1.45 bits per heavy atom. The Morgan fingerprint density at radius 2 is 0.804 bits per heavy atom. The summed E-state index contributed by atoms with van der Waals surface area (Å²) in [5.41, 5.74) is 15.1. The highest BCUT2D eigenvalue weighted by Gasteiger charge is 2.41. The minimum Gasteiger partial charge on any atom is -0.228 e. The zero-order chi connectivity index (χ0) is 34.4. The number of benzene rings is 7. The van der Waals surface area contributed by atoms with Crippen LogP contribution >= 0.6 is 0 Å². The number of aromatic nitrogens is 2. The molecule has 0 saturated carbocycles. The summed E-state index contributed by atoms with van der Waals surface area (Å²) < 4.78 is 0. The van der Waals surface area contributed by atoms with E-state index in [9.17, 15) is 0 Å². The third kappa shape index (κ3) is 5.53. The van der Waals surface area contributed by atoms with Gasteiger partial charge in [0.05, 0.1) is 11.4 Å². The Balaban J connectivity index is 1.14. The predicted molar refractivity (Wildman–Crippen MR) is 217 cm³/mol. The topological polar surface area (TPSA) is 25.8 Å². The quantitative estimate of drug-likeness (QED) is 0.165. The molecule has 1 aliphatic rings. The summed E-state index contributed by atoms with van der Waals surface area (Å²) in [5.74, 6) is 0.760. The van der Waals surface area contributed by atoms with Gasteiger partial charge in [0.15, 0.2) is 5.82 Å². The van der Waals surface area contributed by atoms with Gasteiger partial charge in [-0.05, 0) is 78.6 Å². The van der Waals surface area contributed by atoms with Gasteiger partial charge in [-0.3, -0.25) is 0 Å². The SMILES string of the molecule is C[Si]1(C)c2ccccc2-c2nc(-c3cccc(-c4cccc(-c5ccc(-c6ccccc6)c(-c6ccccc6)c5)c4)c3)nc(-c3ccccc3)c21. The molecule has 1 aromatic heterocycles. The maximum Gasteiger partial charge on any atom is 0.160 e. The van der Waals surface area contributed by atoms with Crippen LogP contribution in [0.4, 0.5) is 0 Å². The second-order valence-electron chi connectivity index (χ2n) is 13.8. The summed E-state index contributed by atoms with van der Waals surface area (Å²) >= 11 is 0. The molecule has 0 unspecified atom stereocenters. The molecule has 0 aliphatic carbocycles. The predicted octanol–water partition coefficient (Wildman–Crippen LogP) is 11.3. The monoisotopic (exact) mass is 668 g/mol. The number of hydrogen-bond acceptors (Lipinski definition) is 2. The summed E-state index contributed by atoms with van der Waals surface area (Å²) in [4.78, 5) is 10.7. The third-order valence-corrected chi connectivity index (χ3v) is 13.8. The largest absolute Gasteiger partial charge is 0.228 e. The molecular weight excluding hydrogens is 633 g/mol. The lowest BCUT2D eigenvalue weighted by molar-refractivity contribution is 1.20. The van der Waals surface area contributed by atoms with E-state index in [4.69, 9.17) is 9.97 Å². The van der Waals surface area contributed by atoms with Gasteiger partial charge in [-0.15, -0.1) is 0 Å². The van der Waals surface area contributed by atoms with Gasteiger partial charge in [-0.1, -0.05) is 177 Å². The lowest BCUT2D eigenvalue weighted by atomic mass is 9.90. The Labute approximate surface area is 300 Å². The normalized spacial score (nSPS) is 12.7. The van der Waals surface area contributed by atoms with Gasteiger partial charge in [0.1, 0.15) is 8.07 Å². The molecule has 3 heteroatoms. The molecule has 0 N–H and O–H groups in total. The zero-order valence-corrected chi connectivity index (χ0v) is 29.7. The van der Waals surface area contributed by atoms with Crippen LogP contribution in [-0.2, 0) is 0 Å². The van der Waals surface area contributed by atoms with E-state index in [1.54, 1.807) is 0 Å². The van der Waals surface area contributed by atoms with Crippen molar-refractivity contribution in [1.82, 2.24) is 9.97 Å². The molecule has 0 spiro atoms. The van der Waals surface area contributed by atoms with E-state index in [0.29, 0.717) is 0 Å². The minimum absolute atomic E-state index is 0.760. The Hall–Kier alpha value is -6.16. The van der Waals surface area contributed by atoms with Gasteiger partial charge in [-0.2, -0.15) is 0 Å². The molecule has 1 aliphatic heterocycles. The first-order chi connectivity index (χ1) is 25.0. The highest BCUT2D eigenvalue weighted by molar-refractivity contribution is 7.04. The van der Waals surface area contributed by atoms with Crippen LogP contribution in [0.1, 0.15) is 0 Å². The van der Waals surface area contributed by atoms with Crippen LogP contribution in [0.5, 0.6) is 0 Å². The molecule has 0 radical (unpaired) electrons. The van der Waals surface area contributed by atoms with Gasteiger partial charge in [0, 0.05) is 11.1 Å². The molecule has 7 aromatic carbocycles. The van der Waals surface area contributed by atoms with E-state index in [1.165, 1.54) is 49.3 Å². The first-order valence-corrected chi connectivity index (χ1v) is 20.6. The highest BCUT2D eigenvalue weighted by atomic mass is 28.3. The number of nitrogens with zero attached hydrogens (tertiary/aromatic N) is 2. The second-order valence-corrected chi connectivity index (χ2v) is 18.1. The fraction of sp³-hybridized carbons (Fsp3) is 0.0417. The zero-order valence-electron chi connectivity index (χ0n) is 28.7. The molecule has 9 rings (SSSR count). The van der Waals surface area contributed by atoms with Crippen molar-refractivity contribution in [2.24, 2.45) is 0 Å². The van der Waals surface area contributed by atoms with Gasteiger partial charge in [0.25, 0.3) is 0 Å². The van der Waals surface area contributed by atoms with E-state index in [2.05, 4.69) is 195 Å². The summed E-state index contributed by atoms with van der Waals surface area (Å²) in [7, 11) is -2.01. The van der Waals surface area contributed by atoms with E-state index >= 15 is 0 Å². The summed E-state index contributed by atoms with van der Waals surface area (Å²) in [5, 5.41) is 2.76. The van der Waals surface area contributed by atoms with E-state index in [-0.39, 0.29) is 0 Å². The number of fused-ring (bicyclic) bond motifs is 3. The second kappa shape index (κ2) is 12.6. The first kappa shape index (κ1) is 30.9. The summed E-state index contributed by atoms with van der Waals surface area (Å²) in [6.07, 6.45) is 0. The van der Waals surface area contributed by atoms with Crippen LogP contribution in [0, 0.1) is 0 Å². The van der Waals surface area contributed by atoms with Crippen LogP contribution in [0.15, 0.2) is 182 Å². The third-order valence-electron chi connectivity index (χ3n) is 10.3. The molecular formula is C48H36N2Si. The number of hydrogen-bond donors (Lipinski definition) is 0. The number of rotatable bonds is 6.